The van der Waals surface area contributed by atoms with E-state index in [1.807, 2.05) is 0 Å². The molecule has 27 heavy (non-hydrogen) atoms. The second-order valence-electron chi connectivity index (χ2n) is 7.66. The summed E-state index contributed by atoms with van der Waals surface area (Å²) < 4.78 is 0. The second kappa shape index (κ2) is 7.45. The topological polar surface area (TPSA) is 61.9 Å². The van der Waals surface area contributed by atoms with Gasteiger partial charge in [-0.05, 0) is 51.1 Å². The minimum Gasteiger partial charge on any atom is -0.309 e. The number of aromatic amines is 1. The number of thiazole rings is 1. The molecule has 0 spiro atoms. The van der Waals surface area contributed by atoms with E-state index in [0.717, 1.165) is 59.0 Å². The lowest BCUT2D eigenvalue weighted by Gasteiger charge is -2.23. The molecule has 1 N–H and O–H groups in total. The molecule has 3 heterocycles. The molecule has 2 unspecified atom stereocenters. The van der Waals surface area contributed by atoms with Gasteiger partial charge in [0, 0.05) is 16.8 Å². The van der Waals surface area contributed by atoms with Crippen LogP contribution in [0.3, 0.4) is 0 Å². The first-order valence-electron chi connectivity index (χ1n) is 9.64. The fourth-order valence-electron chi connectivity index (χ4n) is 3.75. The van der Waals surface area contributed by atoms with E-state index in [1.165, 1.54) is 10.4 Å². The number of hydrogen-bond donors (Lipinski definition) is 1. The highest BCUT2D eigenvalue weighted by molar-refractivity contribution is 7.18. The average Bonchev–Trinajstić information content (AvgIpc) is 3.24. The number of aryl methyl sites for hydroxylation is 2. The van der Waals surface area contributed by atoms with Gasteiger partial charge >= 0.3 is 0 Å². The average molecular weight is 403 g/mol. The molecule has 5 nitrogen and oxygen atoms in total. The van der Waals surface area contributed by atoms with Crippen molar-refractivity contribution in [2.24, 2.45) is 5.92 Å². The lowest BCUT2D eigenvalue weighted by atomic mass is 9.89. The third-order valence-electron chi connectivity index (χ3n) is 5.55. The largest absolute Gasteiger partial charge is 0.309 e. The Kier molecular flexibility index (Phi) is 5.18. The Labute approximate surface area is 167 Å². The van der Waals surface area contributed by atoms with Crippen molar-refractivity contribution in [3.05, 3.63) is 42.7 Å². The highest BCUT2D eigenvalue weighted by atomic mass is 32.1. The first-order valence-corrected chi connectivity index (χ1v) is 11.3. The maximum atomic E-state index is 12.8. The summed E-state index contributed by atoms with van der Waals surface area (Å²) in [4.78, 5) is 29.8. The molecule has 0 bridgehead atoms. The van der Waals surface area contributed by atoms with E-state index in [2.05, 4.69) is 48.1 Å². The minimum absolute atomic E-state index is 0.0178. The molecule has 1 aliphatic rings. The van der Waals surface area contributed by atoms with Crippen LogP contribution in [0.15, 0.2) is 10.2 Å². The maximum absolute atomic E-state index is 12.8. The molecule has 2 atom stereocenters. The summed E-state index contributed by atoms with van der Waals surface area (Å²) in [5.41, 5.74) is 2.34. The van der Waals surface area contributed by atoms with Gasteiger partial charge in [-0.3, -0.25) is 9.69 Å². The summed E-state index contributed by atoms with van der Waals surface area (Å²) >= 11 is 3.42. The molecule has 0 aliphatic heterocycles. The predicted octanol–water partition coefficient (Wildman–Crippen LogP) is 4.32. The second-order valence-corrected chi connectivity index (χ2v) is 9.69. The Morgan fingerprint density at radius 2 is 2.22 bits per heavy atom. The zero-order chi connectivity index (χ0) is 19.1. The Balaban J connectivity index is 1.62. The lowest BCUT2D eigenvalue weighted by Crippen LogP contribution is -2.26. The third-order valence-corrected chi connectivity index (χ3v) is 7.74. The molecule has 1 aliphatic carbocycles. The standard InChI is InChI=1S/C20H26N4OS2/c1-5-16-21-13(10-26-16)9-24(4)12(3)18-22-19(25)17-14-7-6-11(2)8-15(14)27-20(17)23-18/h10-12H,5-9H2,1-4H3,(H,22,23,25). The molecule has 4 rings (SSSR count). The summed E-state index contributed by atoms with van der Waals surface area (Å²) in [7, 11) is 2.06. The highest BCUT2D eigenvalue weighted by Crippen LogP contribution is 2.36. The van der Waals surface area contributed by atoms with Crippen LogP contribution in [0.1, 0.15) is 60.2 Å². The monoisotopic (exact) mass is 402 g/mol. The molecule has 144 valence electrons. The molecule has 0 fully saturated rings. The minimum atomic E-state index is 0.0178. The first kappa shape index (κ1) is 18.8. The summed E-state index contributed by atoms with van der Waals surface area (Å²) in [6.45, 7) is 7.25. The van der Waals surface area contributed by atoms with Crippen LogP contribution in [0, 0.1) is 5.92 Å². The van der Waals surface area contributed by atoms with E-state index in [0.29, 0.717) is 5.92 Å². The fourth-order valence-corrected chi connectivity index (χ4v) is 5.87. The van der Waals surface area contributed by atoms with Gasteiger partial charge in [0.2, 0.25) is 0 Å². The number of nitrogens with zero attached hydrogens (tertiary/aromatic N) is 3. The summed E-state index contributed by atoms with van der Waals surface area (Å²) in [5.74, 6) is 1.44. The predicted molar refractivity (Wildman–Crippen MR) is 113 cm³/mol. The van der Waals surface area contributed by atoms with Gasteiger partial charge in [-0.15, -0.1) is 22.7 Å². The van der Waals surface area contributed by atoms with Crippen LogP contribution >= 0.6 is 22.7 Å². The van der Waals surface area contributed by atoms with Crippen molar-refractivity contribution in [3.8, 4) is 0 Å². The van der Waals surface area contributed by atoms with Crippen molar-refractivity contribution in [1.82, 2.24) is 19.9 Å². The number of nitrogens with one attached hydrogen (secondary N) is 1. The number of thiophene rings is 1. The van der Waals surface area contributed by atoms with Gasteiger partial charge < -0.3 is 4.98 Å². The van der Waals surface area contributed by atoms with Gasteiger partial charge in [-0.25, -0.2) is 9.97 Å². The van der Waals surface area contributed by atoms with E-state index in [9.17, 15) is 4.79 Å². The van der Waals surface area contributed by atoms with Crippen LogP contribution in [-0.2, 0) is 25.8 Å². The van der Waals surface area contributed by atoms with E-state index in [-0.39, 0.29) is 11.6 Å². The van der Waals surface area contributed by atoms with Gasteiger partial charge in [0.05, 0.1) is 22.1 Å². The van der Waals surface area contributed by atoms with Crippen LogP contribution < -0.4 is 5.56 Å². The van der Waals surface area contributed by atoms with Crippen molar-refractivity contribution >= 4 is 32.9 Å². The Hall–Kier alpha value is -1.57. The molecule has 3 aromatic heterocycles. The van der Waals surface area contributed by atoms with Gasteiger partial charge in [0.15, 0.2) is 0 Å². The zero-order valence-electron chi connectivity index (χ0n) is 16.3. The van der Waals surface area contributed by atoms with Crippen LogP contribution in [0.25, 0.3) is 10.2 Å². The quantitative estimate of drug-likeness (QED) is 0.690. The van der Waals surface area contributed by atoms with Crippen LogP contribution in [0.5, 0.6) is 0 Å². The van der Waals surface area contributed by atoms with Crippen LogP contribution in [-0.4, -0.2) is 26.9 Å². The van der Waals surface area contributed by atoms with Crippen molar-refractivity contribution in [2.45, 2.75) is 59.0 Å². The summed E-state index contributed by atoms with van der Waals surface area (Å²) in [6.07, 6.45) is 4.20. The van der Waals surface area contributed by atoms with Crippen molar-refractivity contribution in [3.63, 3.8) is 0 Å². The van der Waals surface area contributed by atoms with Crippen molar-refractivity contribution in [2.75, 3.05) is 7.05 Å². The van der Waals surface area contributed by atoms with E-state index >= 15 is 0 Å². The molecule has 3 aromatic rings. The molecule has 0 saturated carbocycles. The van der Waals surface area contributed by atoms with E-state index < -0.39 is 0 Å². The van der Waals surface area contributed by atoms with E-state index in [4.69, 9.17) is 4.98 Å². The van der Waals surface area contributed by atoms with Gasteiger partial charge in [-0.2, -0.15) is 0 Å². The van der Waals surface area contributed by atoms with Crippen LogP contribution in [0.4, 0.5) is 0 Å². The first-order chi connectivity index (χ1) is 13.0. The fraction of sp³-hybridized carbons (Fsp3) is 0.550. The number of fused-ring (bicyclic) bond motifs is 3. The summed E-state index contributed by atoms with van der Waals surface area (Å²) in [5, 5.41) is 4.11. The summed E-state index contributed by atoms with van der Waals surface area (Å²) in [6, 6.07) is 0.0203. The number of rotatable bonds is 5. The van der Waals surface area contributed by atoms with E-state index in [1.54, 1.807) is 22.7 Å². The van der Waals surface area contributed by atoms with Gasteiger partial charge in [-0.1, -0.05) is 13.8 Å². The molecule has 0 amide bonds. The molecular formula is C20H26N4OS2. The maximum Gasteiger partial charge on any atom is 0.259 e. The van der Waals surface area contributed by atoms with Crippen molar-refractivity contribution < 1.29 is 0 Å². The number of hydrogen-bond acceptors (Lipinski definition) is 6. The molecule has 0 radical (unpaired) electrons. The normalized spacial score (nSPS) is 18.2. The Morgan fingerprint density at radius 3 is 2.96 bits per heavy atom. The Bertz CT molecular complexity index is 1020. The lowest BCUT2D eigenvalue weighted by molar-refractivity contribution is 0.241. The molecular weight excluding hydrogens is 376 g/mol. The molecule has 0 saturated heterocycles. The molecule has 7 heteroatoms. The SMILES string of the molecule is CCc1nc(CN(C)C(C)c2nc3sc4c(c3c(=O)[nH]2)CCC(C)C4)cs1. The third kappa shape index (κ3) is 3.60. The molecule has 0 aromatic carbocycles. The highest BCUT2D eigenvalue weighted by Gasteiger charge is 2.24. The Morgan fingerprint density at radius 1 is 1.41 bits per heavy atom. The smallest absolute Gasteiger partial charge is 0.259 e. The van der Waals surface area contributed by atoms with Crippen LogP contribution in [0.2, 0.25) is 0 Å². The zero-order valence-corrected chi connectivity index (χ0v) is 18.0. The van der Waals surface area contributed by atoms with Gasteiger partial charge in [0.25, 0.3) is 5.56 Å². The van der Waals surface area contributed by atoms with Crippen molar-refractivity contribution in [1.29, 1.82) is 0 Å². The van der Waals surface area contributed by atoms with Gasteiger partial charge in [0.1, 0.15) is 10.7 Å². The number of aromatic nitrogens is 3. The number of H-pyrrole nitrogens is 1.